The number of rotatable bonds is 2. The smallest absolute Gasteiger partial charge is 0.280 e. The summed E-state index contributed by atoms with van der Waals surface area (Å²) in [6.07, 6.45) is -2.59. The largest absolute Gasteiger partial charge is 0.396 e. The maximum Gasteiger partial charge on any atom is 0.280 e. The molecule has 0 unspecified atom stereocenters. The molecule has 13 heavy (non-hydrogen) atoms. The quantitative estimate of drug-likeness (QED) is 0.517. The van der Waals surface area contributed by atoms with Crippen LogP contribution in [0.2, 0.25) is 0 Å². The van der Waals surface area contributed by atoms with Crippen LogP contribution >= 0.6 is 34.2 Å². The van der Waals surface area contributed by atoms with Crippen LogP contribution in [0.3, 0.4) is 0 Å². The molecule has 0 aromatic carbocycles. The minimum Gasteiger partial charge on any atom is -0.396 e. The second kappa shape index (κ2) is 4.36. The van der Waals surface area contributed by atoms with E-state index in [4.69, 9.17) is 17.3 Å². The predicted octanol–water partition coefficient (Wildman–Crippen LogP) is 2.94. The van der Waals surface area contributed by atoms with Gasteiger partial charge in [0, 0.05) is 5.88 Å². The Morgan fingerprint density at radius 3 is 2.69 bits per heavy atom. The lowest BCUT2D eigenvalue weighted by Crippen LogP contribution is -2.02. The van der Waals surface area contributed by atoms with E-state index in [1.807, 2.05) is 0 Å². The highest BCUT2D eigenvalue weighted by Crippen LogP contribution is 2.25. The van der Waals surface area contributed by atoms with Gasteiger partial charge in [0.05, 0.1) is 5.69 Å². The van der Waals surface area contributed by atoms with E-state index in [9.17, 15) is 8.78 Å². The number of hydrogen-bond donors (Lipinski definition) is 1. The van der Waals surface area contributed by atoms with Gasteiger partial charge in [-0.3, -0.25) is 0 Å². The van der Waals surface area contributed by atoms with E-state index < -0.39 is 6.43 Å². The van der Waals surface area contributed by atoms with Gasteiger partial charge in [-0.05, 0) is 34.2 Å². The topological polar surface area (TPSA) is 38.9 Å². The first-order valence-corrected chi connectivity index (χ1v) is 4.96. The molecule has 72 valence electrons. The summed E-state index contributed by atoms with van der Waals surface area (Å²) < 4.78 is 24.9. The third-order valence-electron chi connectivity index (χ3n) is 1.49. The van der Waals surface area contributed by atoms with Gasteiger partial charge in [-0.2, -0.15) is 0 Å². The Bertz CT molecular complexity index is 320. The van der Waals surface area contributed by atoms with Crippen molar-refractivity contribution in [3.63, 3.8) is 0 Å². The molecule has 0 fully saturated rings. The van der Waals surface area contributed by atoms with Crippen LogP contribution in [0.15, 0.2) is 6.07 Å². The number of anilines is 1. The highest BCUT2D eigenvalue weighted by Gasteiger charge is 2.13. The fourth-order valence-corrected chi connectivity index (χ4v) is 1.66. The van der Waals surface area contributed by atoms with Gasteiger partial charge in [-0.15, -0.1) is 11.6 Å². The number of alkyl halides is 3. The zero-order chi connectivity index (χ0) is 10.0. The summed E-state index contributed by atoms with van der Waals surface area (Å²) in [7, 11) is 0. The van der Waals surface area contributed by atoms with Crippen LogP contribution in [0.4, 0.5) is 14.5 Å². The molecule has 0 aliphatic heterocycles. The first-order valence-electron chi connectivity index (χ1n) is 3.35. The average Bonchev–Trinajstić information content (AvgIpc) is 2.09. The van der Waals surface area contributed by atoms with Gasteiger partial charge in [0.15, 0.2) is 0 Å². The molecule has 1 rings (SSSR count). The summed E-state index contributed by atoms with van der Waals surface area (Å²) in [6.45, 7) is 0. The van der Waals surface area contributed by atoms with Gasteiger partial charge in [0.1, 0.15) is 9.39 Å². The van der Waals surface area contributed by atoms with Gasteiger partial charge in [0.25, 0.3) is 6.43 Å². The molecular formula is C7H6ClF2IN2. The number of nitrogen functional groups attached to an aromatic ring is 1. The van der Waals surface area contributed by atoms with Crippen LogP contribution in [0.1, 0.15) is 17.7 Å². The van der Waals surface area contributed by atoms with Gasteiger partial charge in [-0.25, -0.2) is 13.8 Å². The molecule has 0 aliphatic carbocycles. The fraction of sp³-hybridized carbons (Fsp3) is 0.286. The van der Waals surface area contributed by atoms with Crippen molar-refractivity contribution in [2.24, 2.45) is 0 Å². The molecule has 0 saturated heterocycles. The number of nitrogens with zero attached hydrogens (tertiary/aromatic N) is 1. The van der Waals surface area contributed by atoms with E-state index in [2.05, 4.69) is 4.98 Å². The molecule has 0 amide bonds. The Kier molecular flexibility index (Phi) is 3.66. The van der Waals surface area contributed by atoms with Crippen molar-refractivity contribution in [2.45, 2.75) is 12.3 Å². The molecule has 2 nitrogen and oxygen atoms in total. The van der Waals surface area contributed by atoms with Crippen LogP contribution in [0.25, 0.3) is 0 Å². The van der Waals surface area contributed by atoms with Crippen LogP contribution < -0.4 is 5.73 Å². The molecule has 0 spiro atoms. The van der Waals surface area contributed by atoms with E-state index >= 15 is 0 Å². The lowest BCUT2D eigenvalue weighted by atomic mass is 10.2. The second-order valence-corrected chi connectivity index (χ2v) is 3.63. The summed E-state index contributed by atoms with van der Waals surface area (Å²) in [4.78, 5) is 3.63. The Balaban J connectivity index is 3.22. The first kappa shape index (κ1) is 10.9. The molecule has 0 radical (unpaired) electrons. The minimum atomic E-state index is -2.59. The lowest BCUT2D eigenvalue weighted by molar-refractivity contribution is 0.146. The number of halogens is 4. The Morgan fingerprint density at radius 1 is 1.62 bits per heavy atom. The number of nitrogens with two attached hydrogens (primary N) is 1. The van der Waals surface area contributed by atoms with Crippen LogP contribution in [-0.4, -0.2) is 4.98 Å². The molecule has 0 bridgehead atoms. The van der Waals surface area contributed by atoms with Crippen molar-refractivity contribution in [2.75, 3.05) is 5.73 Å². The number of aromatic nitrogens is 1. The SMILES string of the molecule is Nc1c(CCl)cc(C(F)F)nc1I. The van der Waals surface area contributed by atoms with Crippen molar-refractivity contribution >= 4 is 39.9 Å². The third kappa shape index (κ3) is 2.40. The summed E-state index contributed by atoms with van der Waals surface area (Å²) in [5.41, 5.74) is 6.15. The Morgan fingerprint density at radius 2 is 2.23 bits per heavy atom. The zero-order valence-electron chi connectivity index (χ0n) is 6.40. The molecule has 0 aliphatic rings. The fourth-order valence-electron chi connectivity index (χ4n) is 0.817. The molecule has 0 atom stereocenters. The summed E-state index contributed by atoms with van der Waals surface area (Å²) >= 11 is 7.33. The van der Waals surface area contributed by atoms with E-state index in [0.29, 0.717) is 15.0 Å². The van der Waals surface area contributed by atoms with Gasteiger partial charge in [-0.1, -0.05) is 0 Å². The molecule has 1 heterocycles. The zero-order valence-corrected chi connectivity index (χ0v) is 9.31. The molecule has 6 heteroatoms. The van der Waals surface area contributed by atoms with Gasteiger partial charge in [0.2, 0.25) is 0 Å². The number of pyridine rings is 1. The van der Waals surface area contributed by atoms with Crippen molar-refractivity contribution in [1.82, 2.24) is 4.98 Å². The van der Waals surface area contributed by atoms with E-state index in [0.717, 1.165) is 0 Å². The number of hydrogen-bond acceptors (Lipinski definition) is 2. The van der Waals surface area contributed by atoms with Crippen molar-refractivity contribution < 1.29 is 8.78 Å². The third-order valence-corrected chi connectivity index (χ3v) is 2.60. The van der Waals surface area contributed by atoms with Crippen molar-refractivity contribution in [3.8, 4) is 0 Å². The normalized spacial score (nSPS) is 10.8. The van der Waals surface area contributed by atoms with Crippen molar-refractivity contribution in [1.29, 1.82) is 0 Å². The summed E-state index contributed by atoms with van der Waals surface area (Å²) in [5, 5.41) is 0. The van der Waals surface area contributed by atoms with Crippen molar-refractivity contribution in [3.05, 3.63) is 21.0 Å². The van der Waals surface area contributed by atoms with Crippen LogP contribution in [0.5, 0.6) is 0 Å². The molecule has 0 saturated carbocycles. The maximum atomic E-state index is 12.2. The van der Waals surface area contributed by atoms with E-state index in [1.54, 1.807) is 22.6 Å². The lowest BCUT2D eigenvalue weighted by Gasteiger charge is -2.06. The van der Waals surface area contributed by atoms with E-state index in [1.165, 1.54) is 6.07 Å². The Hall–Kier alpha value is -0.170. The van der Waals surface area contributed by atoms with Gasteiger partial charge < -0.3 is 5.73 Å². The molecule has 1 aromatic rings. The predicted molar refractivity (Wildman–Crippen MR) is 55.9 cm³/mol. The molecular weight excluding hydrogens is 312 g/mol. The van der Waals surface area contributed by atoms with Crippen LogP contribution in [-0.2, 0) is 5.88 Å². The molecule has 2 N–H and O–H groups in total. The highest BCUT2D eigenvalue weighted by atomic mass is 127. The molecule has 1 aromatic heterocycles. The average molecular weight is 318 g/mol. The monoisotopic (exact) mass is 318 g/mol. The standard InChI is InChI=1S/C7H6ClF2IN2/c8-2-3-1-4(6(9)10)13-7(11)5(3)12/h1,6H,2,12H2. The maximum absolute atomic E-state index is 12.2. The highest BCUT2D eigenvalue weighted by molar-refractivity contribution is 14.1. The first-order chi connectivity index (χ1) is 6.06. The second-order valence-electron chi connectivity index (χ2n) is 2.35. The van der Waals surface area contributed by atoms with Crippen LogP contribution in [0, 0.1) is 3.70 Å². The summed E-state index contributed by atoms with van der Waals surface area (Å²) in [6, 6.07) is 1.23. The summed E-state index contributed by atoms with van der Waals surface area (Å²) in [5.74, 6) is 0.115. The van der Waals surface area contributed by atoms with E-state index in [-0.39, 0.29) is 11.6 Å². The Labute approximate surface area is 92.6 Å². The van der Waals surface area contributed by atoms with Gasteiger partial charge >= 0.3 is 0 Å². The minimum absolute atomic E-state index is 0.115.